The van der Waals surface area contributed by atoms with E-state index in [9.17, 15) is 24.6 Å². The molecule has 2 fully saturated rings. The molecule has 1 aromatic carbocycles. The molecule has 0 aromatic heterocycles. The molecule has 9 nitrogen and oxygen atoms in total. The van der Waals surface area contributed by atoms with Crippen LogP contribution in [0.3, 0.4) is 0 Å². The van der Waals surface area contributed by atoms with Crippen LogP contribution in [0.4, 0.5) is 4.79 Å². The molecule has 2 aliphatic rings. The van der Waals surface area contributed by atoms with Gasteiger partial charge in [0.25, 0.3) is 0 Å². The molecular formula is C18H22N2O7. The maximum atomic E-state index is 13.2. The number of aliphatic carboxylic acids is 1. The molecular weight excluding hydrogens is 356 g/mol. The average Bonchev–Trinajstić information content (AvgIpc) is 3.17. The van der Waals surface area contributed by atoms with Crippen LogP contribution >= 0.6 is 0 Å². The third-order valence-electron chi connectivity index (χ3n) is 5.45. The van der Waals surface area contributed by atoms with Crippen molar-refractivity contribution in [3.63, 3.8) is 0 Å². The lowest BCUT2D eigenvalue weighted by Gasteiger charge is -2.26. The number of carbonyl (C=O) groups is 3. The fourth-order valence-corrected chi connectivity index (χ4v) is 4.04. The molecule has 0 aliphatic carbocycles. The first-order chi connectivity index (χ1) is 12.8. The highest BCUT2D eigenvalue weighted by molar-refractivity contribution is 5.90. The van der Waals surface area contributed by atoms with Crippen molar-refractivity contribution >= 4 is 18.0 Å². The predicted molar refractivity (Wildman–Crippen MR) is 92.4 cm³/mol. The zero-order chi connectivity index (χ0) is 19.8. The summed E-state index contributed by atoms with van der Waals surface area (Å²) in [6.45, 7) is 0.423. The van der Waals surface area contributed by atoms with Crippen LogP contribution in [0, 0.1) is 5.41 Å². The number of likely N-dealkylation sites (tertiary alicyclic amines) is 2. The zero-order valence-corrected chi connectivity index (χ0v) is 15.1. The highest BCUT2D eigenvalue weighted by Gasteiger charge is 2.62. The number of hydrogen-bond donors (Lipinski definition) is 2. The van der Waals surface area contributed by atoms with Crippen molar-refractivity contribution in [3.05, 3.63) is 29.8 Å². The molecule has 0 bridgehead atoms. The summed E-state index contributed by atoms with van der Waals surface area (Å²) in [7, 11) is 3.02. The Kier molecular flexibility index (Phi) is 4.97. The van der Waals surface area contributed by atoms with Crippen LogP contribution in [-0.2, 0) is 20.9 Å². The van der Waals surface area contributed by atoms with E-state index in [0.717, 1.165) is 10.5 Å². The number of carboxylic acids is 1. The van der Waals surface area contributed by atoms with Gasteiger partial charge in [0.1, 0.15) is 11.8 Å². The molecule has 1 spiro atoms. The molecule has 1 aromatic rings. The Morgan fingerprint density at radius 1 is 1.22 bits per heavy atom. The number of carbonyl (C=O) groups excluding carboxylic acids is 1. The Hall–Kier alpha value is -2.81. The van der Waals surface area contributed by atoms with Crippen molar-refractivity contribution in [3.8, 4) is 5.75 Å². The van der Waals surface area contributed by atoms with Gasteiger partial charge in [-0.1, -0.05) is 12.1 Å². The Balaban J connectivity index is 1.85. The third kappa shape index (κ3) is 3.18. The number of benzene rings is 1. The van der Waals surface area contributed by atoms with Crippen molar-refractivity contribution in [1.29, 1.82) is 0 Å². The predicted octanol–water partition coefficient (Wildman–Crippen LogP) is 0.876. The Labute approximate surface area is 156 Å². The van der Waals surface area contributed by atoms with Crippen LogP contribution in [0.25, 0.3) is 0 Å². The van der Waals surface area contributed by atoms with Crippen molar-refractivity contribution in [2.45, 2.75) is 25.1 Å². The van der Waals surface area contributed by atoms with Crippen molar-refractivity contribution in [2.24, 2.45) is 5.41 Å². The standard InChI is InChI=1S/C18H22N2O7/c1-26-12-5-3-11(4-6-12)8-19-9-14(27-2)18(16(19)23)7-13(15(21)22)20(10-18)17(24)25/h3-6,13-14H,7-10H2,1-2H3,(H,21,22)(H,24,25)/t13-,14?,18-/m0/s1. The largest absolute Gasteiger partial charge is 0.497 e. The van der Waals surface area contributed by atoms with Gasteiger partial charge in [-0.2, -0.15) is 0 Å². The Morgan fingerprint density at radius 2 is 1.89 bits per heavy atom. The highest BCUT2D eigenvalue weighted by Crippen LogP contribution is 2.45. The monoisotopic (exact) mass is 378 g/mol. The van der Waals surface area contributed by atoms with Gasteiger partial charge < -0.3 is 24.6 Å². The van der Waals surface area contributed by atoms with E-state index >= 15 is 0 Å². The van der Waals surface area contributed by atoms with Gasteiger partial charge in [0.15, 0.2) is 0 Å². The van der Waals surface area contributed by atoms with Crippen LogP contribution in [0.5, 0.6) is 5.75 Å². The molecule has 2 N–H and O–H groups in total. The molecule has 0 radical (unpaired) electrons. The van der Waals surface area contributed by atoms with Gasteiger partial charge in [-0.25, -0.2) is 9.59 Å². The van der Waals surface area contributed by atoms with Gasteiger partial charge in [-0.15, -0.1) is 0 Å². The summed E-state index contributed by atoms with van der Waals surface area (Å²) in [6, 6.07) is 6.02. The topological polar surface area (TPSA) is 117 Å². The molecule has 3 rings (SSSR count). The van der Waals surface area contributed by atoms with Crippen molar-refractivity contribution < 1.29 is 34.1 Å². The van der Waals surface area contributed by atoms with Gasteiger partial charge in [0.2, 0.25) is 5.91 Å². The normalized spacial score (nSPS) is 27.4. The number of rotatable bonds is 5. The van der Waals surface area contributed by atoms with Crippen LogP contribution in [0.15, 0.2) is 24.3 Å². The second-order valence-electron chi connectivity index (χ2n) is 6.88. The van der Waals surface area contributed by atoms with E-state index < -0.39 is 29.6 Å². The van der Waals surface area contributed by atoms with E-state index in [0.29, 0.717) is 12.3 Å². The molecule has 2 saturated heterocycles. The number of nitrogens with zero attached hydrogens (tertiary/aromatic N) is 2. The van der Waals surface area contributed by atoms with E-state index in [1.54, 1.807) is 24.1 Å². The van der Waals surface area contributed by atoms with E-state index in [-0.39, 0.29) is 25.4 Å². The summed E-state index contributed by atoms with van der Waals surface area (Å²) < 4.78 is 10.6. The maximum absolute atomic E-state index is 13.2. The summed E-state index contributed by atoms with van der Waals surface area (Å²) >= 11 is 0. The van der Waals surface area contributed by atoms with Gasteiger partial charge >= 0.3 is 12.1 Å². The minimum Gasteiger partial charge on any atom is -0.497 e. The first-order valence-electron chi connectivity index (χ1n) is 8.50. The lowest BCUT2D eigenvalue weighted by atomic mass is 9.81. The first kappa shape index (κ1) is 19.0. The summed E-state index contributed by atoms with van der Waals surface area (Å²) in [5.41, 5.74) is -0.290. The number of hydrogen-bond acceptors (Lipinski definition) is 5. The minimum absolute atomic E-state index is 0.0922. The molecule has 3 atom stereocenters. The Bertz CT molecular complexity index is 727. The lowest BCUT2D eigenvalue weighted by Crippen LogP contribution is -2.43. The fourth-order valence-electron chi connectivity index (χ4n) is 4.04. The van der Waals surface area contributed by atoms with Gasteiger partial charge in [0.05, 0.1) is 18.6 Å². The van der Waals surface area contributed by atoms with E-state index in [1.165, 1.54) is 7.11 Å². The van der Waals surface area contributed by atoms with Crippen molar-refractivity contribution in [2.75, 3.05) is 27.3 Å². The smallest absolute Gasteiger partial charge is 0.408 e. The van der Waals surface area contributed by atoms with Gasteiger partial charge in [-0.05, 0) is 24.1 Å². The summed E-state index contributed by atoms with van der Waals surface area (Å²) in [6.07, 6.45) is -2.02. The molecule has 0 saturated carbocycles. The number of ether oxygens (including phenoxy) is 2. The highest BCUT2D eigenvalue weighted by atomic mass is 16.5. The molecule has 27 heavy (non-hydrogen) atoms. The quantitative estimate of drug-likeness (QED) is 0.781. The number of methoxy groups -OCH3 is 2. The van der Waals surface area contributed by atoms with Crippen LogP contribution < -0.4 is 4.74 Å². The SMILES string of the molecule is COc1ccc(CN2CC(OC)[C@@]3(C[C@@H](C(=O)O)N(C(=O)O)C3)C2=O)cc1. The molecule has 146 valence electrons. The van der Waals surface area contributed by atoms with Crippen LogP contribution in [-0.4, -0.2) is 77.4 Å². The average molecular weight is 378 g/mol. The van der Waals surface area contributed by atoms with E-state index in [4.69, 9.17) is 9.47 Å². The first-order valence-corrected chi connectivity index (χ1v) is 8.50. The van der Waals surface area contributed by atoms with Crippen molar-refractivity contribution in [1.82, 2.24) is 9.80 Å². The lowest BCUT2D eigenvalue weighted by molar-refractivity contribution is -0.141. The van der Waals surface area contributed by atoms with Gasteiger partial charge in [-0.3, -0.25) is 9.69 Å². The van der Waals surface area contributed by atoms with Crippen LogP contribution in [0.2, 0.25) is 0 Å². The summed E-state index contributed by atoms with van der Waals surface area (Å²) in [5, 5.41) is 18.7. The zero-order valence-electron chi connectivity index (χ0n) is 15.1. The second-order valence-corrected chi connectivity index (χ2v) is 6.88. The van der Waals surface area contributed by atoms with Crippen LogP contribution in [0.1, 0.15) is 12.0 Å². The second kappa shape index (κ2) is 7.07. The molecule has 2 amide bonds. The Morgan fingerprint density at radius 3 is 2.37 bits per heavy atom. The fraction of sp³-hybridized carbons (Fsp3) is 0.500. The molecule has 2 aliphatic heterocycles. The third-order valence-corrected chi connectivity index (χ3v) is 5.45. The summed E-state index contributed by atoms with van der Waals surface area (Å²) in [5.74, 6) is -0.833. The molecule has 2 heterocycles. The van der Waals surface area contributed by atoms with E-state index in [1.807, 2.05) is 12.1 Å². The van der Waals surface area contributed by atoms with E-state index in [2.05, 4.69) is 0 Å². The maximum Gasteiger partial charge on any atom is 0.408 e. The molecule has 1 unspecified atom stereocenters. The van der Waals surface area contributed by atoms with Gasteiger partial charge in [0, 0.05) is 26.7 Å². The minimum atomic E-state index is -1.35. The summed E-state index contributed by atoms with van der Waals surface area (Å²) in [4.78, 5) is 38.6. The number of amides is 2. The molecule has 9 heteroatoms. The number of carboxylic acid groups (broad SMARTS) is 2.